The highest BCUT2D eigenvalue weighted by atomic mass is 16.6. The third-order valence-corrected chi connectivity index (χ3v) is 2.21. The lowest BCUT2D eigenvalue weighted by Crippen LogP contribution is -2.24. The van der Waals surface area contributed by atoms with E-state index in [1.54, 1.807) is 6.07 Å². The summed E-state index contributed by atoms with van der Waals surface area (Å²) in [7, 11) is 0. The second-order valence-corrected chi connectivity index (χ2v) is 4.89. The summed E-state index contributed by atoms with van der Waals surface area (Å²) < 4.78 is 5.27. The Morgan fingerprint density at radius 3 is 2.53 bits per heavy atom. The van der Waals surface area contributed by atoms with Gasteiger partial charge in [-0.1, -0.05) is 24.3 Å². The highest BCUT2D eigenvalue weighted by Gasteiger charge is 2.18. The molecule has 0 saturated carbocycles. The van der Waals surface area contributed by atoms with E-state index < -0.39 is 5.60 Å². The fraction of sp³-hybridized carbons (Fsp3) is 0.286. The normalized spacial score (nSPS) is 11.5. The molecule has 0 unspecified atom stereocenters. The molecule has 0 spiro atoms. The highest BCUT2D eigenvalue weighted by molar-refractivity contribution is 5.91. The fourth-order valence-electron chi connectivity index (χ4n) is 1.51. The molecular formula is C14H15NO2. The van der Waals surface area contributed by atoms with Crippen LogP contribution in [0.15, 0.2) is 36.4 Å². The number of hydrogen-bond donors (Lipinski definition) is 0. The van der Waals surface area contributed by atoms with Crippen molar-refractivity contribution in [2.75, 3.05) is 0 Å². The van der Waals surface area contributed by atoms with Gasteiger partial charge in [-0.25, -0.2) is 9.78 Å². The minimum Gasteiger partial charge on any atom is -0.455 e. The molecule has 2 aromatic rings. The predicted molar refractivity (Wildman–Crippen MR) is 66.9 cm³/mol. The Bertz CT molecular complexity index is 555. The Hall–Kier alpha value is -1.90. The largest absolute Gasteiger partial charge is 0.455 e. The fourth-order valence-corrected chi connectivity index (χ4v) is 1.51. The minimum atomic E-state index is -0.496. The summed E-state index contributed by atoms with van der Waals surface area (Å²) in [6.45, 7) is 5.52. The molecule has 17 heavy (non-hydrogen) atoms. The van der Waals surface area contributed by atoms with Crippen molar-refractivity contribution in [3.05, 3.63) is 42.1 Å². The first-order valence-electron chi connectivity index (χ1n) is 5.55. The Morgan fingerprint density at radius 1 is 1.12 bits per heavy atom. The lowest BCUT2D eigenvalue weighted by Gasteiger charge is -2.19. The van der Waals surface area contributed by atoms with Crippen LogP contribution in [0, 0.1) is 0 Å². The van der Waals surface area contributed by atoms with Gasteiger partial charge in [0.15, 0.2) is 0 Å². The molecule has 0 saturated heterocycles. The molecule has 88 valence electrons. The van der Waals surface area contributed by atoms with E-state index in [4.69, 9.17) is 4.74 Å². The van der Waals surface area contributed by atoms with Crippen molar-refractivity contribution in [2.45, 2.75) is 26.4 Å². The van der Waals surface area contributed by atoms with Crippen LogP contribution in [0.4, 0.5) is 0 Å². The summed E-state index contributed by atoms with van der Waals surface area (Å²) in [6.07, 6.45) is 0. The molecule has 0 aliphatic carbocycles. The lowest BCUT2D eigenvalue weighted by molar-refractivity contribution is 0.00633. The summed E-state index contributed by atoms with van der Waals surface area (Å²) >= 11 is 0. The zero-order valence-electron chi connectivity index (χ0n) is 10.2. The molecule has 0 N–H and O–H groups in total. The van der Waals surface area contributed by atoms with Crippen LogP contribution in [0.1, 0.15) is 31.3 Å². The number of ether oxygens (including phenoxy) is 1. The number of hydrogen-bond acceptors (Lipinski definition) is 3. The predicted octanol–water partition coefficient (Wildman–Crippen LogP) is 3.19. The molecular weight excluding hydrogens is 214 g/mol. The second kappa shape index (κ2) is 4.17. The van der Waals surface area contributed by atoms with Gasteiger partial charge in [0.25, 0.3) is 0 Å². The average molecular weight is 229 g/mol. The van der Waals surface area contributed by atoms with Gasteiger partial charge in [-0.3, -0.25) is 0 Å². The minimum absolute atomic E-state index is 0.346. The number of carbonyl (C=O) groups is 1. The van der Waals surface area contributed by atoms with Gasteiger partial charge in [0.05, 0.1) is 5.52 Å². The molecule has 3 nitrogen and oxygen atoms in total. The topological polar surface area (TPSA) is 39.2 Å². The van der Waals surface area contributed by atoms with Crippen LogP contribution in [0.5, 0.6) is 0 Å². The summed E-state index contributed by atoms with van der Waals surface area (Å²) in [4.78, 5) is 16.1. The monoisotopic (exact) mass is 229 g/mol. The van der Waals surface area contributed by atoms with Crippen molar-refractivity contribution in [1.29, 1.82) is 0 Å². The first-order chi connectivity index (χ1) is 7.96. The first kappa shape index (κ1) is 11.6. The van der Waals surface area contributed by atoms with Gasteiger partial charge in [-0.05, 0) is 32.9 Å². The Balaban J connectivity index is 2.33. The van der Waals surface area contributed by atoms with Crippen LogP contribution in [0.3, 0.4) is 0 Å². The number of rotatable bonds is 1. The van der Waals surface area contributed by atoms with Gasteiger partial charge in [0.2, 0.25) is 0 Å². The standard InChI is InChI=1S/C14H15NO2/c1-14(2,3)17-13(16)12-9-8-10-6-4-5-7-11(10)15-12/h4-9H,1-3H3. The Labute approximate surface area is 100 Å². The number of benzene rings is 1. The summed E-state index contributed by atoms with van der Waals surface area (Å²) in [5.41, 5.74) is 0.652. The number of nitrogens with zero attached hydrogens (tertiary/aromatic N) is 1. The molecule has 0 aliphatic heterocycles. The van der Waals surface area contributed by atoms with E-state index in [9.17, 15) is 4.79 Å². The van der Waals surface area contributed by atoms with Crippen molar-refractivity contribution >= 4 is 16.9 Å². The van der Waals surface area contributed by atoms with Gasteiger partial charge in [0, 0.05) is 5.39 Å². The number of carbonyl (C=O) groups excluding carboxylic acids is 1. The second-order valence-electron chi connectivity index (χ2n) is 4.89. The summed E-state index contributed by atoms with van der Waals surface area (Å²) in [5.74, 6) is -0.386. The van der Waals surface area contributed by atoms with Gasteiger partial charge < -0.3 is 4.74 Å². The molecule has 1 aromatic carbocycles. The Morgan fingerprint density at radius 2 is 1.82 bits per heavy atom. The van der Waals surface area contributed by atoms with E-state index in [2.05, 4.69) is 4.98 Å². The first-order valence-corrected chi connectivity index (χ1v) is 5.55. The van der Waals surface area contributed by atoms with E-state index in [-0.39, 0.29) is 5.97 Å². The average Bonchev–Trinajstić information content (AvgIpc) is 2.26. The molecule has 0 aliphatic rings. The molecule has 1 aromatic heterocycles. The van der Waals surface area contributed by atoms with Crippen LogP contribution in [-0.4, -0.2) is 16.6 Å². The van der Waals surface area contributed by atoms with Crippen molar-refractivity contribution in [2.24, 2.45) is 0 Å². The number of aromatic nitrogens is 1. The number of pyridine rings is 1. The van der Waals surface area contributed by atoms with E-state index in [0.717, 1.165) is 10.9 Å². The number of fused-ring (bicyclic) bond motifs is 1. The van der Waals surface area contributed by atoms with E-state index in [1.165, 1.54) is 0 Å². The highest BCUT2D eigenvalue weighted by Crippen LogP contribution is 2.15. The summed E-state index contributed by atoms with van der Waals surface area (Å²) in [6, 6.07) is 11.2. The molecule has 0 radical (unpaired) electrons. The van der Waals surface area contributed by atoms with Gasteiger partial charge in [0.1, 0.15) is 11.3 Å². The lowest BCUT2D eigenvalue weighted by atomic mass is 10.2. The van der Waals surface area contributed by atoms with Crippen molar-refractivity contribution in [3.8, 4) is 0 Å². The SMILES string of the molecule is CC(C)(C)OC(=O)c1ccc2ccccc2n1. The maximum absolute atomic E-state index is 11.8. The molecule has 0 atom stereocenters. The third-order valence-electron chi connectivity index (χ3n) is 2.21. The van der Waals surface area contributed by atoms with Crippen LogP contribution >= 0.6 is 0 Å². The van der Waals surface area contributed by atoms with Crippen molar-refractivity contribution in [3.63, 3.8) is 0 Å². The molecule has 0 bridgehead atoms. The van der Waals surface area contributed by atoms with Gasteiger partial charge >= 0.3 is 5.97 Å². The molecule has 1 heterocycles. The number of esters is 1. The van der Waals surface area contributed by atoms with Crippen LogP contribution < -0.4 is 0 Å². The zero-order chi connectivity index (χ0) is 12.5. The summed E-state index contributed by atoms with van der Waals surface area (Å²) in [5, 5.41) is 1.01. The molecule has 0 fully saturated rings. The van der Waals surface area contributed by atoms with Crippen LogP contribution in [0.2, 0.25) is 0 Å². The van der Waals surface area contributed by atoms with E-state index in [1.807, 2.05) is 51.1 Å². The van der Waals surface area contributed by atoms with Crippen molar-refractivity contribution in [1.82, 2.24) is 4.98 Å². The maximum atomic E-state index is 11.8. The van der Waals surface area contributed by atoms with Crippen molar-refractivity contribution < 1.29 is 9.53 Å². The zero-order valence-corrected chi connectivity index (χ0v) is 10.2. The van der Waals surface area contributed by atoms with E-state index in [0.29, 0.717) is 5.69 Å². The third kappa shape index (κ3) is 2.81. The molecule has 3 heteroatoms. The molecule has 2 rings (SSSR count). The molecule has 0 amide bonds. The van der Waals surface area contributed by atoms with Crippen LogP contribution in [-0.2, 0) is 4.74 Å². The smallest absolute Gasteiger partial charge is 0.357 e. The van der Waals surface area contributed by atoms with E-state index >= 15 is 0 Å². The van der Waals surface area contributed by atoms with Gasteiger partial charge in [-0.15, -0.1) is 0 Å². The van der Waals surface area contributed by atoms with Crippen LogP contribution in [0.25, 0.3) is 10.9 Å². The number of para-hydroxylation sites is 1. The van der Waals surface area contributed by atoms with Gasteiger partial charge in [-0.2, -0.15) is 0 Å². The Kier molecular flexibility index (Phi) is 2.84. The maximum Gasteiger partial charge on any atom is 0.357 e. The quantitative estimate of drug-likeness (QED) is 0.705.